The SMILES string of the molecule is C[C@@H](CC1CCCCC1)NCc1ccccc1NS(=O)(=O)c1ccc2c(c1)CCN(C(=O)C(F)(F)F)C2. The third kappa shape index (κ3) is 7.04. The van der Waals surface area contributed by atoms with Gasteiger partial charge in [-0.1, -0.05) is 56.4 Å². The summed E-state index contributed by atoms with van der Waals surface area (Å²) < 4.78 is 67.5. The van der Waals surface area contributed by atoms with Crippen molar-refractivity contribution < 1.29 is 26.4 Å². The Kier molecular flexibility index (Phi) is 8.48. The second-order valence-electron chi connectivity index (χ2n) is 10.2. The molecule has 2 N–H and O–H groups in total. The largest absolute Gasteiger partial charge is 0.471 e. The number of fused-ring (bicyclic) bond motifs is 1. The summed E-state index contributed by atoms with van der Waals surface area (Å²) in [4.78, 5) is 12.4. The number of rotatable bonds is 8. The number of alkyl halides is 3. The maximum Gasteiger partial charge on any atom is 0.471 e. The first kappa shape index (κ1) is 27.4. The topological polar surface area (TPSA) is 78.5 Å². The summed E-state index contributed by atoms with van der Waals surface area (Å²) in [6.45, 7) is 2.38. The molecule has 1 aliphatic heterocycles. The summed E-state index contributed by atoms with van der Waals surface area (Å²) in [7, 11) is -3.92. The van der Waals surface area contributed by atoms with E-state index in [9.17, 15) is 26.4 Å². The zero-order chi connectivity index (χ0) is 26.6. The Labute approximate surface area is 216 Å². The van der Waals surface area contributed by atoms with Gasteiger partial charge in [0.05, 0.1) is 10.6 Å². The van der Waals surface area contributed by atoms with Crippen LogP contribution in [0.1, 0.15) is 62.1 Å². The van der Waals surface area contributed by atoms with Crippen LogP contribution in [0.25, 0.3) is 0 Å². The molecule has 1 atom stereocenters. The standard InChI is InChI=1S/C27H34F3N3O3S/c1-19(15-20-7-3-2-4-8-20)31-17-22-9-5-6-10-25(22)32-37(35,36)24-12-11-23-18-33(14-13-21(23)16-24)26(34)27(28,29)30/h5-6,9-12,16,19-20,31-32H,2-4,7-8,13-15,17-18H2,1H3/t19-/m0/s1. The van der Waals surface area contributed by atoms with Gasteiger partial charge in [-0.05, 0) is 60.6 Å². The lowest BCUT2D eigenvalue weighted by Crippen LogP contribution is -2.43. The molecule has 0 spiro atoms. The summed E-state index contributed by atoms with van der Waals surface area (Å²) in [5.74, 6) is -1.14. The van der Waals surface area contributed by atoms with Crippen molar-refractivity contribution in [3.05, 3.63) is 59.2 Å². The minimum absolute atomic E-state index is 0.0373. The Hall–Kier alpha value is -2.59. The molecule has 1 amide bonds. The van der Waals surface area contributed by atoms with E-state index < -0.39 is 22.1 Å². The Morgan fingerprint density at radius 2 is 1.81 bits per heavy atom. The molecule has 0 unspecified atom stereocenters. The number of sulfonamides is 1. The maximum atomic E-state index is 13.2. The van der Waals surface area contributed by atoms with Crippen LogP contribution < -0.4 is 10.0 Å². The van der Waals surface area contributed by atoms with Crippen LogP contribution in [0.15, 0.2) is 47.4 Å². The maximum absolute atomic E-state index is 13.2. The highest BCUT2D eigenvalue weighted by molar-refractivity contribution is 7.92. The summed E-state index contributed by atoms with van der Waals surface area (Å²) in [5.41, 5.74) is 2.46. The minimum Gasteiger partial charge on any atom is -0.330 e. The number of nitrogens with zero attached hydrogens (tertiary/aromatic N) is 1. The van der Waals surface area contributed by atoms with Crippen LogP contribution in [0, 0.1) is 5.92 Å². The first-order chi connectivity index (χ1) is 17.5. The second kappa shape index (κ2) is 11.4. The predicted molar refractivity (Wildman–Crippen MR) is 136 cm³/mol. The van der Waals surface area contributed by atoms with Crippen molar-refractivity contribution in [3.8, 4) is 0 Å². The molecule has 4 rings (SSSR count). The monoisotopic (exact) mass is 537 g/mol. The van der Waals surface area contributed by atoms with Crippen LogP contribution in [0.2, 0.25) is 0 Å². The smallest absolute Gasteiger partial charge is 0.330 e. The number of amides is 1. The van der Waals surface area contributed by atoms with Gasteiger partial charge >= 0.3 is 12.1 Å². The van der Waals surface area contributed by atoms with E-state index in [1.54, 1.807) is 12.1 Å². The van der Waals surface area contributed by atoms with Crippen molar-refractivity contribution in [1.29, 1.82) is 0 Å². The Balaban J connectivity index is 1.41. The fourth-order valence-electron chi connectivity index (χ4n) is 5.32. The Morgan fingerprint density at radius 3 is 2.54 bits per heavy atom. The van der Waals surface area contributed by atoms with Gasteiger partial charge in [-0.3, -0.25) is 9.52 Å². The van der Waals surface area contributed by atoms with Crippen molar-refractivity contribution in [2.75, 3.05) is 11.3 Å². The molecule has 0 bridgehead atoms. The lowest BCUT2D eigenvalue weighted by Gasteiger charge is -2.29. The third-order valence-corrected chi connectivity index (χ3v) is 8.71. The number of anilines is 1. The molecule has 6 nitrogen and oxygen atoms in total. The van der Waals surface area contributed by atoms with E-state index in [1.165, 1.54) is 50.3 Å². The van der Waals surface area contributed by atoms with Gasteiger partial charge in [0.1, 0.15) is 0 Å². The van der Waals surface area contributed by atoms with E-state index in [0.717, 1.165) is 22.8 Å². The normalized spacial score (nSPS) is 17.8. The zero-order valence-electron chi connectivity index (χ0n) is 21.0. The number of benzene rings is 2. The predicted octanol–water partition coefficient (Wildman–Crippen LogP) is 5.38. The minimum atomic E-state index is -4.93. The molecule has 10 heteroatoms. The molecule has 1 aliphatic carbocycles. The van der Waals surface area contributed by atoms with Gasteiger partial charge in [0.2, 0.25) is 0 Å². The van der Waals surface area contributed by atoms with Crippen molar-refractivity contribution in [2.24, 2.45) is 5.92 Å². The molecular formula is C27H34F3N3O3S. The van der Waals surface area contributed by atoms with Crippen molar-refractivity contribution in [2.45, 2.75) is 82.1 Å². The van der Waals surface area contributed by atoms with Crippen LogP contribution >= 0.6 is 0 Å². The molecule has 0 aromatic heterocycles. The third-order valence-electron chi connectivity index (χ3n) is 7.34. The van der Waals surface area contributed by atoms with Crippen LogP contribution in [0.3, 0.4) is 0 Å². The van der Waals surface area contributed by atoms with Crippen molar-refractivity contribution >= 4 is 21.6 Å². The average molecular weight is 538 g/mol. The van der Waals surface area contributed by atoms with Gasteiger partial charge in [-0.25, -0.2) is 8.42 Å². The van der Waals surface area contributed by atoms with Crippen LogP contribution in [-0.2, 0) is 34.3 Å². The first-order valence-corrected chi connectivity index (χ1v) is 14.3. The van der Waals surface area contributed by atoms with E-state index in [0.29, 0.717) is 29.4 Å². The van der Waals surface area contributed by atoms with Crippen molar-refractivity contribution in [1.82, 2.24) is 10.2 Å². The molecule has 2 aliphatic rings. The number of carbonyl (C=O) groups is 1. The van der Waals surface area contributed by atoms with Gasteiger partial charge in [0, 0.05) is 25.7 Å². The lowest BCUT2D eigenvalue weighted by molar-refractivity contribution is -0.186. The summed E-state index contributed by atoms with van der Waals surface area (Å²) in [6.07, 6.45) is 2.81. The highest BCUT2D eigenvalue weighted by Crippen LogP contribution is 2.29. The Bertz CT molecular complexity index is 1210. The average Bonchev–Trinajstić information content (AvgIpc) is 2.87. The number of hydrogen-bond donors (Lipinski definition) is 2. The zero-order valence-corrected chi connectivity index (χ0v) is 21.8. The summed E-state index contributed by atoms with van der Waals surface area (Å²) in [6, 6.07) is 11.9. The molecule has 1 saturated carbocycles. The second-order valence-corrected chi connectivity index (χ2v) is 11.9. The molecule has 1 fully saturated rings. The molecular weight excluding hydrogens is 503 g/mol. The fraction of sp³-hybridized carbons (Fsp3) is 0.519. The Morgan fingerprint density at radius 1 is 1.08 bits per heavy atom. The van der Waals surface area contributed by atoms with Crippen LogP contribution in [0.4, 0.5) is 18.9 Å². The van der Waals surface area contributed by atoms with Gasteiger partial charge < -0.3 is 10.2 Å². The lowest BCUT2D eigenvalue weighted by atomic mass is 9.85. The van der Waals surface area contributed by atoms with Crippen LogP contribution in [0.5, 0.6) is 0 Å². The summed E-state index contributed by atoms with van der Waals surface area (Å²) in [5, 5.41) is 3.53. The molecule has 0 saturated heterocycles. The molecule has 37 heavy (non-hydrogen) atoms. The van der Waals surface area contributed by atoms with E-state index in [2.05, 4.69) is 17.0 Å². The van der Waals surface area contributed by atoms with Gasteiger partial charge in [0.25, 0.3) is 10.0 Å². The number of carbonyl (C=O) groups excluding carboxylic acids is 1. The number of halogens is 3. The van der Waals surface area contributed by atoms with Gasteiger partial charge in [-0.2, -0.15) is 13.2 Å². The highest BCUT2D eigenvalue weighted by Gasteiger charge is 2.43. The van der Waals surface area contributed by atoms with E-state index in [1.807, 2.05) is 12.1 Å². The quantitative estimate of drug-likeness (QED) is 0.474. The van der Waals surface area contributed by atoms with E-state index in [-0.39, 0.29) is 24.4 Å². The summed E-state index contributed by atoms with van der Waals surface area (Å²) >= 11 is 0. The first-order valence-electron chi connectivity index (χ1n) is 12.8. The van der Waals surface area contributed by atoms with Gasteiger partial charge in [0.15, 0.2) is 0 Å². The highest BCUT2D eigenvalue weighted by atomic mass is 32.2. The molecule has 0 radical (unpaired) electrons. The molecule has 202 valence electrons. The molecule has 2 aromatic rings. The van der Waals surface area contributed by atoms with Crippen LogP contribution in [-0.4, -0.2) is 38.0 Å². The number of para-hydroxylation sites is 1. The van der Waals surface area contributed by atoms with Crippen molar-refractivity contribution in [3.63, 3.8) is 0 Å². The molecule has 1 heterocycles. The van der Waals surface area contributed by atoms with E-state index >= 15 is 0 Å². The molecule has 2 aromatic carbocycles. The van der Waals surface area contributed by atoms with Gasteiger partial charge in [-0.15, -0.1) is 0 Å². The number of hydrogen-bond acceptors (Lipinski definition) is 4. The number of nitrogens with one attached hydrogen (secondary N) is 2. The van der Waals surface area contributed by atoms with E-state index in [4.69, 9.17) is 0 Å². The fourth-order valence-corrected chi connectivity index (χ4v) is 6.47.